The monoisotopic (exact) mass is 154 g/mol. The SMILES string of the molecule is [CH-]1CCCCC1.[CH3-].[Fe+2]. The fraction of sp³-hybridized carbons (Fsp3) is 0.714. The van der Waals surface area contributed by atoms with E-state index in [0.717, 1.165) is 0 Å². The topological polar surface area (TPSA) is 0 Å². The van der Waals surface area contributed by atoms with Gasteiger partial charge in [0, 0.05) is 0 Å². The molecule has 0 amide bonds. The third kappa shape index (κ3) is 4.67. The molecular weight excluding hydrogens is 140 g/mol. The van der Waals surface area contributed by atoms with E-state index in [1.165, 1.54) is 32.1 Å². The van der Waals surface area contributed by atoms with Crippen LogP contribution in [0.2, 0.25) is 0 Å². The first-order chi connectivity index (χ1) is 3.00. The van der Waals surface area contributed by atoms with E-state index in [0.29, 0.717) is 0 Å². The molecule has 0 unspecified atom stereocenters. The molecule has 1 fully saturated rings. The third-order valence-corrected chi connectivity index (χ3v) is 1.32. The zero-order chi connectivity index (χ0) is 4.24. The molecule has 0 aromatic carbocycles. The van der Waals surface area contributed by atoms with Crippen LogP contribution >= 0.6 is 0 Å². The van der Waals surface area contributed by atoms with Crippen molar-refractivity contribution in [2.75, 3.05) is 0 Å². The predicted octanol–water partition coefficient (Wildman–Crippen LogP) is 2.60. The molecule has 0 bridgehead atoms. The van der Waals surface area contributed by atoms with Crippen LogP contribution in [0.1, 0.15) is 32.1 Å². The second-order valence-electron chi connectivity index (χ2n) is 1.93. The van der Waals surface area contributed by atoms with E-state index < -0.39 is 0 Å². The number of hydrogen-bond donors (Lipinski definition) is 0. The van der Waals surface area contributed by atoms with E-state index in [4.69, 9.17) is 0 Å². The van der Waals surface area contributed by atoms with Crippen LogP contribution in [0, 0.1) is 13.8 Å². The van der Waals surface area contributed by atoms with Gasteiger partial charge in [-0.3, -0.25) is 0 Å². The quantitative estimate of drug-likeness (QED) is 0.371. The van der Waals surface area contributed by atoms with Gasteiger partial charge in [0.15, 0.2) is 0 Å². The fourth-order valence-electron chi connectivity index (χ4n) is 0.898. The summed E-state index contributed by atoms with van der Waals surface area (Å²) in [4.78, 5) is 0. The summed E-state index contributed by atoms with van der Waals surface area (Å²) in [6, 6.07) is 0. The number of rotatable bonds is 0. The summed E-state index contributed by atoms with van der Waals surface area (Å²) in [6.45, 7) is 0. The van der Waals surface area contributed by atoms with Gasteiger partial charge in [-0.1, -0.05) is 19.3 Å². The molecule has 1 aliphatic rings. The molecular formula is C7H14Fe. The average molecular weight is 154 g/mol. The molecule has 0 aliphatic heterocycles. The minimum Gasteiger partial charge on any atom is -0.358 e. The van der Waals surface area contributed by atoms with Gasteiger partial charge in [0.1, 0.15) is 0 Å². The zero-order valence-electron chi connectivity index (χ0n) is 5.47. The van der Waals surface area contributed by atoms with Crippen LogP contribution in [0.5, 0.6) is 0 Å². The van der Waals surface area contributed by atoms with E-state index in [1.807, 2.05) is 0 Å². The van der Waals surface area contributed by atoms with Gasteiger partial charge in [0.25, 0.3) is 0 Å². The first-order valence-electron chi connectivity index (χ1n) is 2.82. The van der Waals surface area contributed by atoms with Gasteiger partial charge in [-0.05, 0) is 0 Å². The molecule has 0 saturated heterocycles. The number of hydrogen-bond acceptors (Lipinski definition) is 0. The van der Waals surface area contributed by atoms with E-state index >= 15 is 0 Å². The average Bonchev–Trinajstić information content (AvgIpc) is 1.72. The van der Waals surface area contributed by atoms with Crippen molar-refractivity contribution >= 4 is 0 Å². The maximum absolute atomic E-state index is 2.39. The maximum Gasteiger partial charge on any atom is 2.00 e. The first kappa shape index (κ1) is 11.3. The van der Waals surface area contributed by atoms with Gasteiger partial charge >= 0.3 is 17.1 Å². The van der Waals surface area contributed by atoms with Crippen molar-refractivity contribution in [3.8, 4) is 0 Å². The Bertz CT molecular complexity index is 19.9. The molecule has 0 aromatic rings. The Kier molecular flexibility index (Phi) is 10.7. The smallest absolute Gasteiger partial charge is 0.358 e. The maximum atomic E-state index is 2.39. The van der Waals surface area contributed by atoms with Gasteiger partial charge in [0.05, 0.1) is 0 Å². The van der Waals surface area contributed by atoms with Gasteiger partial charge in [0.2, 0.25) is 0 Å². The van der Waals surface area contributed by atoms with Crippen molar-refractivity contribution in [1.82, 2.24) is 0 Å². The molecule has 0 nitrogen and oxygen atoms in total. The van der Waals surface area contributed by atoms with Crippen LogP contribution in [0.4, 0.5) is 0 Å². The molecule has 1 rings (SSSR count). The molecule has 1 heteroatoms. The summed E-state index contributed by atoms with van der Waals surface area (Å²) in [6.07, 6.45) is 9.50. The molecule has 0 radical (unpaired) electrons. The largest absolute Gasteiger partial charge is 2.00 e. The summed E-state index contributed by atoms with van der Waals surface area (Å²) in [5.41, 5.74) is 0. The summed E-state index contributed by atoms with van der Waals surface area (Å²) in [7, 11) is 0. The van der Waals surface area contributed by atoms with Crippen molar-refractivity contribution in [2.24, 2.45) is 0 Å². The summed E-state index contributed by atoms with van der Waals surface area (Å²) < 4.78 is 0. The molecule has 0 N–H and O–H groups in total. The fourth-order valence-corrected chi connectivity index (χ4v) is 0.898. The first-order valence-corrected chi connectivity index (χ1v) is 2.82. The van der Waals surface area contributed by atoms with Crippen LogP contribution in [-0.4, -0.2) is 0 Å². The molecule has 8 heavy (non-hydrogen) atoms. The second-order valence-corrected chi connectivity index (χ2v) is 1.93. The van der Waals surface area contributed by atoms with Crippen LogP contribution < -0.4 is 0 Å². The van der Waals surface area contributed by atoms with Gasteiger partial charge in [-0.15, -0.1) is 0 Å². The van der Waals surface area contributed by atoms with Crippen LogP contribution in [-0.2, 0) is 17.1 Å². The summed E-state index contributed by atoms with van der Waals surface area (Å²) in [5.74, 6) is 0. The standard InChI is InChI=1S/C6H11.CH3.Fe/c1-2-4-6-5-3-1;;/h1H,2-6H2;1H3;/q2*-1;+2. The van der Waals surface area contributed by atoms with E-state index in [-0.39, 0.29) is 24.5 Å². The Morgan fingerprint density at radius 1 is 0.875 bits per heavy atom. The molecule has 1 saturated carbocycles. The Hall–Kier alpha value is 0.519. The molecule has 0 heterocycles. The summed E-state index contributed by atoms with van der Waals surface area (Å²) in [5, 5.41) is 0. The van der Waals surface area contributed by atoms with Crippen molar-refractivity contribution in [3.05, 3.63) is 13.8 Å². The predicted molar refractivity (Wildman–Crippen MR) is 33.8 cm³/mol. The van der Waals surface area contributed by atoms with E-state index in [1.54, 1.807) is 0 Å². The molecule has 1 aliphatic carbocycles. The Morgan fingerprint density at radius 2 is 1.38 bits per heavy atom. The Labute approximate surface area is 63.5 Å². The van der Waals surface area contributed by atoms with E-state index in [2.05, 4.69) is 6.42 Å². The van der Waals surface area contributed by atoms with Crippen molar-refractivity contribution < 1.29 is 17.1 Å². The van der Waals surface area contributed by atoms with Gasteiger partial charge in [-0.2, -0.15) is 12.8 Å². The van der Waals surface area contributed by atoms with Gasteiger partial charge < -0.3 is 13.8 Å². The second kappa shape index (κ2) is 7.52. The molecule has 0 spiro atoms. The van der Waals surface area contributed by atoms with Crippen molar-refractivity contribution in [3.63, 3.8) is 0 Å². The third-order valence-electron chi connectivity index (χ3n) is 1.32. The summed E-state index contributed by atoms with van der Waals surface area (Å²) >= 11 is 0. The molecule has 0 atom stereocenters. The van der Waals surface area contributed by atoms with E-state index in [9.17, 15) is 0 Å². The van der Waals surface area contributed by atoms with Crippen molar-refractivity contribution in [1.29, 1.82) is 0 Å². The van der Waals surface area contributed by atoms with Crippen LogP contribution in [0.3, 0.4) is 0 Å². The minimum atomic E-state index is 0. The molecule has 50 valence electrons. The minimum absolute atomic E-state index is 0. The van der Waals surface area contributed by atoms with Crippen LogP contribution in [0.25, 0.3) is 0 Å². The Balaban J connectivity index is 0. The van der Waals surface area contributed by atoms with Gasteiger partial charge in [-0.25, -0.2) is 0 Å². The zero-order valence-corrected chi connectivity index (χ0v) is 6.57. The van der Waals surface area contributed by atoms with Crippen molar-refractivity contribution in [2.45, 2.75) is 32.1 Å². The van der Waals surface area contributed by atoms with Crippen LogP contribution in [0.15, 0.2) is 0 Å². The normalized spacial score (nSPS) is 18.0. The molecule has 0 aromatic heterocycles. The Morgan fingerprint density at radius 3 is 1.50 bits per heavy atom.